The van der Waals surface area contributed by atoms with Crippen molar-refractivity contribution in [2.24, 2.45) is 5.92 Å². The first-order valence-corrected chi connectivity index (χ1v) is 9.67. The van der Waals surface area contributed by atoms with Crippen molar-refractivity contribution < 1.29 is 4.79 Å². The first-order valence-electron chi connectivity index (χ1n) is 9.67. The van der Waals surface area contributed by atoms with E-state index in [1.807, 2.05) is 12.1 Å². The molecule has 0 unspecified atom stereocenters. The minimum Gasteiger partial charge on any atom is -0.334 e. The lowest BCUT2D eigenvalue weighted by Gasteiger charge is -2.49. The zero-order chi connectivity index (χ0) is 17.1. The highest BCUT2D eigenvalue weighted by Crippen LogP contribution is 2.35. The number of piperidine rings is 3. The Morgan fingerprint density at radius 2 is 1.92 bits per heavy atom. The lowest BCUT2D eigenvalue weighted by atomic mass is 9.83. The van der Waals surface area contributed by atoms with Crippen molar-refractivity contribution in [3.63, 3.8) is 0 Å². The summed E-state index contributed by atoms with van der Waals surface area (Å²) in [4.78, 5) is 18.2. The standard InChI is InChI=1S/C20H26N4O.ClH/c1-13(2)24-17-5-3-4-15-19(17)16(21-24)8-11-23(20(15)25)18-12-22-9-6-14(18)7-10-22;/h3-5,13-14,18H,6-12H2,1-2H3;1H/t18-;/m1./s1. The fourth-order valence-electron chi connectivity index (χ4n) is 5.10. The average Bonchev–Trinajstić information content (AvgIpc) is 2.95. The van der Waals surface area contributed by atoms with Crippen molar-refractivity contribution in [2.45, 2.75) is 45.2 Å². The third-order valence-corrected chi connectivity index (χ3v) is 6.40. The molecule has 2 bridgehead atoms. The number of hydrogen-bond donors (Lipinski definition) is 0. The third-order valence-electron chi connectivity index (χ3n) is 6.40. The van der Waals surface area contributed by atoms with E-state index in [0.29, 0.717) is 18.0 Å². The molecule has 1 amide bonds. The van der Waals surface area contributed by atoms with Crippen LogP contribution in [0.15, 0.2) is 18.2 Å². The Labute approximate surface area is 160 Å². The summed E-state index contributed by atoms with van der Waals surface area (Å²) in [6.45, 7) is 8.56. The van der Waals surface area contributed by atoms with Gasteiger partial charge in [0.05, 0.1) is 16.8 Å². The topological polar surface area (TPSA) is 41.4 Å². The molecule has 0 spiro atoms. The van der Waals surface area contributed by atoms with Crippen molar-refractivity contribution in [3.05, 3.63) is 29.5 Å². The van der Waals surface area contributed by atoms with Gasteiger partial charge in [0.15, 0.2) is 0 Å². The summed E-state index contributed by atoms with van der Waals surface area (Å²) in [6, 6.07) is 6.80. The SMILES string of the molecule is CC(C)n1nc2c3c(cccc31)C(=O)N([C@@H]1CN3CCC1CC3)CC2.Cl. The maximum absolute atomic E-state index is 13.4. The third kappa shape index (κ3) is 2.55. The maximum Gasteiger partial charge on any atom is 0.254 e. The van der Waals surface area contributed by atoms with Gasteiger partial charge in [0, 0.05) is 37.0 Å². The van der Waals surface area contributed by atoms with E-state index in [0.717, 1.165) is 41.7 Å². The van der Waals surface area contributed by atoms with E-state index in [1.54, 1.807) is 0 Å². The molecule has 6 rings (SSSR count). The zero-order valence-electron chi connectivity index (χ0n) is 15.5. The molecule has 140 valence electrons. The van der Waals surface area contributed by atoms with Crippen LogP contribution in [0.4, 0.5) is 0 Å². The molecule has 5 nitrogen and oxygen atoms in total. The van der Waals surface area contributed by atoms with Crippen molar-refractivity contribution in [1.29, 1.82) is 0 Å². The molecule has 2 aromatic rings. The largest absolute Gasteiger partial charge is 0.334 e. The predicted molar refractivity (Wildman–Crippen MR) is 105 cm³/mol. The number of aromatic nitrogens is 2. The van der Waals surface area contributed by atoms with Gasteiger partial charge in [-0.1, -0.05) is 6.07 Å². The first kappa shape index (κ1) is 17.8. The number of halogens is 1. The highest BCUT2D eigenvalue weighted by Gasteiger charge is 2.40. The minimum absolute atomic E-state index is 0. The Hall–Kier alpha value is -1.59. The van der Waals surface area contributed by atoms with Gasteiger partial charge >= 0.3 is 0 Å². The fraction of sp³-hybridized carbons (Fsp3) is 0.600. The van der Waals surface area contributed by atoms with Crippen molar-refractivity contribution in [3.8, 4) is 0 Å². The van der Waals surface area contributed by atoms with Crippen LogP contribution in [0.5, 0.6) is 0 Å². The van der Waals surface area contributed by atoms with Crippen LogP contribution in [-0.4, -0.2) is 57.7 Å². The number of nitrogens with zero attached hydrogens (tertiary/aromatic N) is 4. The normalized spacial score (nSPS) is 27.7. The smallest absolute Gasteiger partial charge is 0.254 e. The van der Waals surface area contributed by atoms with Crippen LogP contribution in [0.3, 0.4) is 0 Å². The van der Waals surface area contributed by atoms with Crippen molar-refractivity contribution in [1.82, 2.24) is 19.6 Å². The van der Waals surface area contributed by atoms with Gasteiger partial charge in [0.1, 0.15) is 0 Å². The van der Waals surface area contributed by atoms with Crippen LogP contribution in [0.1, 0.15) is 48.8 Å². The fourth-order valence-corrected chi connectivity index (χ4v) is 5.10. The molecule has 3 fully saturated rings. The summed E-state index contributed by atoms with van der Waals surface area (Å²) in [7, 11) is 0. The zero-order valence-corrected chi connectivity index (χ0v) is 16.3. The lowest BCUT2D eigenvalue weighted by molar-refractivity contribution is 0.00819. The molecule has 0 N–H and O–H groups in total. The van der Waals surface area contributed by atoms with Gasteiger partial charge in [-0.05, 0) is 57.8 Å². The number of amides is 1. The molecule has 0 saturated carbocycles. The number of benzene rings is 1. The highest BCUT2D eigenvalue weighted by atomic mass is 35.5. The Bertz CT molecular complexity index is 838. The predicted octanol–water partition coefficient (Wildman–Crippen LogP) is 3.13. The van der Waals surface area contributed by atoms with Crippen LogP contribution in [0.25, 0.3) is 10.9 Å². The molecule has 1 aromatic heterocycles. The lowest BCUT2D eigenvalue weighted by Crippen LogP contribution is -2.58. The number of fused-ring (bicyclic) bond motifs is 3. The maximum atomic E-state index is 13.4. The number of carbonyl (C=O) groups is 1. The van der Waals surface area contributed by atoms with Gasteiger partial charge < -0.3 is 9.80 Å². The van der Waals surface area contributed by atoms with E-state index < -0.39 is 0 Å². The van der Waals surface area contributed by atoms with Crippen LogP contribution in [-0.2, 0) is 6.42 Å². The van der Waals surface area contributed by atoms with Crippen LogP contribution in [0.2, 0.25) is 0 Å². The average molecular weight is 375 g/mol. The van der Waals surface area contributed by atoms with Gasteiger partial charge in [0.25, 0.3) is 5.91 Å². The van der Waals surface area contributed by atoms with Crippen molar-refractivity contribution >= 4 is 29.2 Å². The summed E-state index contributed by atoms with van der Waals surface area (Å²) in [5, 5.41) is 5.96. The second-order valence-electron chi connectivity index (χ2n) is 8.14. The molecule has 0 radical (unpaired) electrons. The molecule has 4 aliphatic heterocycles. The summed E-state index contributed by atoms with van der Waals surface area (Å²) in [5.41, 5.74) is 3.05. The summed E-state index contributed by atoms with van der Waals surface area (Å²) in [6.07, 6.45) is 3.34. The second-order valence-corrected chi connectivity index (χ2v) is 8.14. The monoisotopic (exact) mass is 374 g/mol. The Balaban J connectivity index is 0.00000168. The summed E-state index contributed by atoms with van der Waals surface area (Å²) >= 11 is 0. The molecular weight excluding hydrogens is 348 g/mol. The van der Waals surface area contributed by atoms with Crippen molar-refractivity contribution in [2.75, 3.05) is 26.2 Å². The minimum atomic E-state index is 0. The van der Waals surface area contributed by atoms with E-state index in [1.165, 1.54) is 25.9 Å². The van der Waals surface area contributed by atoms with Gasteiger partial charge in [-0.25, -0.2) is 0 Å². The molecule has 0 aliphatic carbocycles. The Morgan fingerprint density at radius 1 is 1.15 bits per heavy atom. The molecule has 4 aliphatic rings. The van der Waals surface area contributed by atoms with E-state index in [-0.39, 0.29) is 18.3 Å². The summed E-state index contributed by atoms with van der Waals surface area (Å²) in [5.74, 6) is 0.889. The van der Waals surface area contributed by atoms with Crippen LogP contribution < -0.4 is 0 Å². The van der Waals surface area contributed by atoms with Gasteiger partial charge in [-0.2, -0.15) is 5.10 Å². The second kappa shape index (κ2) is 6.54. The molecule has 5 heterocycles. The molecular formula is C20H27ClN4O. The molecule has 6 heteroatoms. The Morgan fingerprint density at radius 3 is 2.58 bits per heavy atom. The van der Waals surface area contributed by atoms with Gasteiger partial charge in [0.2, 0.25) is 0 Å². The molecule has 26 heavy (non-hydrogen) atoms. The molecule has 3 saturated heterocycles. The van der Waals surface area contributed by atoms with E-state index in [2.05, 4.69) is 34.4 Å². The number of rotatable bonds is 2. The van der Waals surface area contributed by atoms with Gasteiger partial charge in [-0.3, -0.25) is 9.48 Å². The molecule has 1 atom stereocenters. The van der Waals surface area contributed by atoms with Crippen LogP contribution >= 0.6 is 12.4 Å². The van der Waals surface area contributed by atoms with E-state index in [9.17, 15) is 4.79 Å². The highest BCUT2D eigenvalue weighted by molar-refractivity contribution is 6.08. The van der Waals surface area contributed by atoms with Gasteiger partial charge in [-0.15, -0.1) is 12.4 Å². The number of hydrogen-bond acceptors (Lipinski definition) is 3. The molecule has 1 aromatic carbocycles. The first-order chi connectivity index (χ1) is 12.1. The number of carbonyl (C=O) groups excluding carboxylic acids is 1. The van der Waals surface area contributed by atoms with Crippen LogP contribution in [0, 0.1) is 5.92 Å². The quantitative estimate of drug-likeness (QED) is 0.810. The Kier molecular flexibility index (Phi) is 4.48. The summed E-state index contributed by atoms with van der Waals surface area (Å²) < 4.78 is 2.07. The van der Waals surface area contributed by atoms with E-state index >= 15 is 0 Å². The van der Waals surface area contributed by atoms with E-state index in [4.69, 9.17) is 5.10 Å².